The number of rotatable bonds is 10. The first-order chi connectivity index (χ1) is 14.3. The van der Waals surface area contributed by atoms with Crippen molar-refractivity contribution in [2.24, 2.45) is 4.99 Å². The predicted octanol–water partition coefficient (Wildman–Crippen LogP) is 3.13. The Bertz CT molecular complexity index is 729. The monoisotopic (exact) mass is 397 g/mol. The first kappa shape index (κ1) is 21.1. The molecule has 1 aliphatic heterocycles. The van der Waals surface area contributed by atoms with Gasteiger partial charge in [0, 0.05) is 33.4 Å². The van der Waals surface area contributed by atoms with Crippen LogP contribution in [0.25, 0.3) is 0 Å². The van der Waals surface area contributed by atoms with Crippen molar-refractivity contribution in [3.8, 4) is 5.75 Å². The molecule has 1 heterocycles. The third-order valence-corrected chi connectivity index (χ3v) is 4.71. The summed E-state index contributed by atoms with van der Waals surface area (Å²) < 4.78 is 16.9. The fourth-order valence-corrected chi connectivity index (χ4v) is 3.02. The Hall–Kier alpha value is -2.57. The first-order valence-corrected chi connectivity index (χ1v) is 10.2. The smallest absolute Gasteiger partial charge is 0.191 e. The molecular weight excluding hydrogens is 366 g/mol. The molecule has 0 amide bonds. The van der Waals surface area contributed by atoms with E-state index < -0.39 is 0 Å². The molecule has 1 atom stereocenters. The lowest BCUT2D eigenvalue weighted by atomic mass is 10.1. The quantitative estimate of drug-likeness (QED) is 0.366. The van der Waals surface area contributed by atoms with E-state index in [0.717, 1.165) is 63.0 Å². The van der Waals surface area contributed by atoms with Crippen LogP contribution in [-0.4, -0.2) is 45.5 Å². The van der Waals surface area contributed by atoms with Crippen LogP contribution < -0.4 is 15.4 Å². The number of nitrogens with one attached hydrogen (secondary N) is 2. The van der Waals surface area contributed by atoms with Crippen LogP contribution in [0, 0.1) is 0 Å². The van der Waals surface area contributed by atoms with E-state index in [-0.39, 0.29) is 6.10 Å². The van der Waals surface area contributed by atoms with Gasteiger partial charge >= 0.3 is 0 Å². The number of aliphatic imine (C=N–C) groups is 1. The zero-order valence-corrected chi connectivity index (χ0v) is 17.1. The van der Waals surface area contributed by atoms with Gasteiger partial charge in [0.1, 0.15) is 12.4 Å². The molecule has 6 heteroatoms. The molecule has 0 radical (unpaired) electrons. The lowest BCUT2D eigenvalue weighted by Crippen LogP contribution is -2.37. The van der Waals surface area contributed by atoms with Gasteiger partial charge in [-0.05, 0) is 36.1 Å². The fourth-order valence-electron chi connectivity index (χ4n) is 3.02. The van der Waals surface area contributed by atoms with E-state index >= 15 is 0 Å². The standard InChI is InChI=1S/C23H31N3O3/c1-24-23(25-13-5-14-28-22-12-15-27-18-22)26-16-19-8-10-20(11-9-19)17-29-21-6-3-2-4-7-21/h2-4,6-11,22H,5,12-18H2,1H3,(H2,24,25,26). The van der Waals surface area contributed by atoms with Gasteiger partial charge in [-0.2, -0.15) is 0 Å². The van der Waals surface area contributed by atoms with Gasteiger partial charge < -0.3 is 24.8 Å². The van der Waals surface area contributed by atoms with Gasteiger partial charge in [0.25, 0.3) is 0 Å². The highest BCUT2D eigenvalue weighted by Gasteiger charge is 2.15. The summed E-state index contributed by atoms with van der Waals surface area (Å²) in [7, 11) is 1.78. The number of hydrogen-bond donors (Lipinski definition) is 2. The molecule has 1 fully saturated rings. The van der Waals surface area contributed by atoms with E-state index in [0.29, 0.717) is 6.61 Å². The number of ether oxygens (including phenoxy) is 3. The zero-order valence-electron chi connectivity index (χ0n) is 17.1. The van der Waals surface area contributed by atoms with Gasteiger partial charge in [-0.3, -0.25) is 4.99 Å². The van der Waals surface area contributed by atoms with Crippen molar-refractivity contribution in [2.45, 2.75) is 32.1 Å². The lowest BCUT2D eigenvalue weighted by Gasteiger charge is -2.13. The Morgan fingerprint density at radius 2 is 1.86 bits per heavy atom. The minimum atomic E-state index is 0.272. The van der Waals surface area contributed by atoms with Gasteiger partial charge in [0.2, 0.25) is 0 Å². The molecule has 1 saturated heterocycles. The summed E-state index contributed by atoms with van der Waals surface area (Å²) in [5.74, 6) is 1.68. The average Bonchev–Trinajstić information content (AvgIpc) is 3.29. The van der Waals surface area contributed by atoms with Crippen molar-refractivity contribution in [1.82, 2.24) is 10.6 Å². The number of nitrogens with zero attached hydrogens (tertiary/aromatic N) is 1. The molecule has 156 valence electrons. The molecule has 6 nitrogen and oxygen atoms in total. The summed E-state index contributed by atoms with van der Waals surface area (Å²) in [5.41, 5.74) is 2.34. The van der Waals surface area contributed by atoms with Crippen molar-refractivity contribution in [2.75, 3.05) is 33.4 Å². The highest BCUT2D eigenvalue weighted by molar-refractivity contribution is 5.79. The molecule has 0 saturated carbocycles. The van der Waals surface area contributed by atoms with Crippen LogP contribution in [-0.2, 0) is 22.6 Å². The number of para-hydroxylation sites is 1. The summed E-state index contributed by atoms with van der Waals surface area (Å²) in [4.78, 5) is 4.27. The third-order valence-electron chi connectivity index (χ3n) is 4.71. The van der Waals surface area contributed by atoms with Crippen molar-refractivity contribution < 1.29 is 14.2 Å². The fraction of sp³-hybridized carbons (Fsp3) is 0.435. The normalized spacial score (nSPS) is 16.6. The molecule has 0 bridgehead atoms. The Morgan fingerprint density at radius 3 is 2.59 bits per heavy atom. The molecule has 1 aliphatic rings. The topological polar surface area (TPSA) is 64.1 Å². The van der Waals surface area contributed by atoms with Gasteiger partial charge in [0.05, 0.1) is 12.7 Å². The Morgan fingerprint density at radius 1 is 1.07 bits per heavy atom. The van der Waals surface area contributed by atoms with E-state index in [9.17, 15) is 0 Å². The van der Waals surface area contributed by atoms with Crippen LogP contribution in [0.5, 0.6) is 5.75 Å². The van der Waals surface area contributed by atoms with Gasteiger partial charge in [-0.1, -0.05) is 42.5 Å². The van der Waals surface area contributed by atoms with E-state index in [2.05, 4.69) is 39.9 Å². The highest BCUT2D eigenvalue weighted by Crippen LogP contribution is 2.12. The molecule has 2 aromatic rings. The molecule has 0 aliphatic carbocycles. The second-order valence-electron chi connectivity index (χ2n) is 6.98. The summed E-state index contributed by atoms with van der Waals surface area (Å²) in [6.07, 6.45) is 2.22. The van der Waals surface area contributed by atoms with E-state index in [1.807, 2.05) is 30.3 Å². The molecule has 2 aromatic carbocycles. The summed E-state index contributed by atoms with van der Waals surface area (Å²) in [6.45, 7) is 4.40. The molecule has 3 rings (SSSR count). The third kappa shape index (κ3) is 7.75. The maximum absolute atomic E-state index is 5.78. The largest absolute Gasteiger partial charge is 0.489 e. The van der Waals surface area contributed by atoms with Gasteiger partial charge in [0.15, 0.2) is 5.96 Å². The second kappa shape index (κ2) is 12.1. The van der Waals surface area contributed by atoms with E-state index in [1.165, 1.54) is 5.56 Å². The Labute approximate surface area is 173 Å². The number of guanidine groups is 1. The van der Waals surface area contributed by atoms with Crippen LogP contribution in [0.3, 0.4) is 0 Å². The highest BCUT2D eigenvalue weighted by atomic mass is 16.5. The SMILES string of the molecule is CN=C(NCCCOC1CCOC1)NCc1ccc(COc2ccccc2)cc1. The van der Waals surface area contributed by atoms with Crippen LogP contribution in [0.1, 0.15) is 24.0 Å². The minimum absolute atomic E-state index is 0.272. The summed E-state index contributed by atoms with van der Waals surface area (Å²) >= 11 is 0. The Balaban J connectivity index is 1.31. The minimum Gasteiger partial charge on any atom is -0.489 e. The second-order valence-corrected chi connectivity index (χ2v) is 6.98. The van der Waals surface area contributed by atoms with Crippen LogP contribution in [0.15, 0.2) is 59.6 Å². The van der Waals surface area contributed by atoms with Crippen molar-refractivity contribution in [3.05, 3.63) is 65.7 Å². The Kier molecular flexibility index (Phi) is 8.82. The van der Waals surface area contributed by atoms with Crippen LogP contribution >= 0.6 is 0 Å². The molecule has 2 N–H and O–H groups in total. The first-order valence-electron chi connectivity index (χ1n) is 10.2. The van der Waals surface area contributed by atoms with Crippen molar-refractivity contribution in [1.29, 1.82) is 0 Å². The van der Waals surface area contributed by atoms with E-state index in [1.54, 1.807) is 7.05 Å². The average molecular weight is 398 g/mol. The van der Waals surface area contributed by atoms with Crippen LogP contribution in [0.2, 0.25) is 0 Å². The van der Waals surface area contributed by atoms with E-state index in [4.69, 9.17) is 14.2 Å². The number of hydrogen-bond acceptors (Lipinski definition) is 4. The number of benzene rings is 2. The maximum atomic E-state index is 5.78. The molecule has 29 heavy (non-hydrogen) atoms. The molecule has 0 aromatic heterocycles. The summed E-state index contributed by atoms with van der Waals surface area (Å²) in [6, 6.07) is 18.3. The van der Waals surface area contributed by atoms with Crippen molar-refractivity contribution >= 4 is 5.96 Å². The summed E-state index contributed by atoms with van der Waals surface area (Å²) in [5, 5.41) is 6.66. The van der Waals surface area contributed by atoms with Crippen LogP contribution in [0.4, 0.5) is 0 Å². The molecule has 1 unspecified atom stereocenters. The van der Waals surface area contributed by atoms with Gasteiger partial charge in [-0.25, -0.2) is 0 Å². The predicted molar refractivity (Wildman–Crippen MR) is 115 cm³/mol. The lowest BCUT2D eigenvalue weighted by molar-refractivity contribution is 0.0420. The zero-order chi connectivity index (χ0) is 20.2. The molecule has 0 spiro atoms. The maximum Gasteiger partial charge on any atom is 0.191 e. The van der Waals surface area contributed by atoms with Crippen molar-refractivity contribution in [3.63, 3.8) is 0 Å². The molecular formula is C23H31N3O3. The van der Waals surface area contributed by atoms with Gasteiger partial charge in [-0.15, -0.1) is 0 Å².